The third kappa shape index (κ3) is 0.713. The highest BCUT2D eigenvalue weighted by atomic mass is 16.6. The minimum Gasteiger partial charge on any atom is -0.367 e. The van der Waals surface area contributed by atoms with Gasteiger partial charge in [-0.3, -0.25) is 4.79 Å². The van der Waals surface area contributed by atoms with Gasteiger partial charge in [0.25, 0.3) is 0 Å². The molecule has 4 aliphatic rings. The molecule has 2 saturated heterocycles. The maximum absolute atomic E-state index is 12.9. The highest BCUT2D eigenvalue weighted by Crippen LogP contribution is 2.65. The first-order valence-corrected chi connectivity index (χ1v) is 6.15. The number of carbonyl (C=O) groups excluding carboxylic acids is 1. The Bertz CT molecular complexity index is 508. The predicted octanol–water partition coefficient (Wildman–Crippen LogP) is 1.63. The van der Waals surface area contributed by atoms with Gasteiger partial charge < -0.3 is 9.47 Å². The van der Waals surface area contributed by atoms with Crippen molar-refractivity contribution in [3.05, 3.63) is 24.3 Å². The van der Waals surface area contributed by atoms with Crippen molar-refractivity contribution in [3.8, 4) is 0 Å². The van der Waals surface area contributed by atoms with E-state index in [4.69, 9.17) is 9.47 Å². The molecule has 4 rings (SSSR count). The van der Waals surface area contributed by atoms with Gasteiger partial charge in [-0.25, -0.2) is 0 Å². The molecule has 3 aliphatic heterocycles. The van der Waals surface area contributed by atoms with Gasteiger partial charge in [0, 0.05) is 0 Å². The zero-order chi connectivity index (χ0) is 12.1. The van der Waals surface area contributed by atoms with Crippen LogP contribution in [0.1, 0.15) is 20.8 Å². The van der Waals surface area contributed by atoms with Crippen LogP contribution >= 0.6 is 0 Å². The molecule has 90 valence electrons. The monoisotopic (exact) mass is 232 g/mol. The Kier molecular flexibility index (Phi) is 1.35. The molecular formula is C14H16O3. The van der Waals surface area contributed by atoms with E-state index in [0.717, 1.165) is 0 Å². The molecule has 0 aromatic rings. The highest BCUT2D eigenvalue weighted by molar-refractivity contribution is 5.98. The van der Waals surface area contributed by atoms with E-state index < -0.39 is 22.0 Å². The zero-order valence-electron chi connectivity index (χ0n) is 10.3. The number of hydrogen-bond acceptors (Lipinski definition) is 3. The fourth-order valence-electron chi connectivity index (χ4n) is 4.01. The number of Topliss-reactive ketones (excluding diaryl/α,β-unsaturated/α-hetero) is 1. The molecule has 0 radical (unpaired) electrons. The molecule has 0 amide bonds. The van der Waals surface area contributed by atoms with Crippen molar-refractivity contribution < 1.29 is 14.3 Å². The van der Waals surface area contributed by atoms with Gasteiger partial charge in [-0.2, -0.15) is 0 Å². The summed E-state index contributed by atoms with van der Waals surface area (Å²) in [6.45, 7) is 6.43. The van der Waals surface area contributed by atoms with Gasteiger partial charge >= 0.3 is 0 Å². The molecule has 0 N–H and O–H groups in total. The lowest BCUT2D eigenvalue weighted by Gasteiger charge is -2.55. The van der Waals surface area contributed by atoms with Crippen LogP contribution in [0.25, 0.3) is 0 Å². The van der Waals surface area contributed by atoms with Crippen LogP contribution in [-0.2, 0) is 14.3 Å². The van der Waals surface area contributed by atoms with Crippen molar-refractivity contribution in [1.29, 1.82) is 0 Å². The predicted molar refractivity (Wildman–Crippen MR) is 61.5 cm³/mol. The largest absolute Gasteiger partial charge is 0.367 e. The van der Waals surface area contributed by atoms with Gasteiger partial charge in [-0.05, 0) is 20.8 Å². The summed E-state index contributed by atoms with van der Waals surface area (Å²) in [6, 6.07) is 0. The smallest absolute Gasteiger partial charge is 0.157 e. The topological polar surface area (TPSA) is 35.5 Å². The Morgan fingerprint density at radius 2 is 2.00 bits per heavy atom. The van der Waals surface area contributed by atoms with E-state index in [1.54, 1.807) is 0 Å². The number of fused-ring (bicyclic) bond motifs is 3. The number of hydrogen-bond donors (Lipinski definition) is 0. The second-order valence-corrected chi connectivity index (χ2v) is 6.25. The van der Waals surface area contributed by atoms with Gasteiger partial charge in [0.05, 0.1) is 29.1 Å². The molecule has 5 unspecified atom stereocenters. The number of ether oxygens (including phenoxy) is 2. The number of ketones is 1. The number of rotatable bonds is 0. The first kappa shape index (κ1) is 10.0. The molecule has 1 aliphatic carbocycles. The van der Waals surface area contributed by atoms with Crippen molar-refractivity contribution in [2.24, 2.45) is 10.8 Å². The molecule has 0 aromatic carbocycles. The molecule has 3 heterocycles. The van der Waals surface area contributed by atoms with Gasteiger partial charge in [0.2, 0.25) is 0 Å². The van der Waals surface area contributed by atoms with Crippen molar-refractivity contribution in [1.82, 2.24) is 0 Å². The summed E-state index contributed by atoms with van der Waals surface area (Å²) in [5, 5.41) is 0. The Morgan fingerprint density at radius 3 is 2.76 bits per heavy atom. The van der Waals surface area contributed by atoms with Crippen LogP contribution in [0.3, 0.4) is 0 Å². The van der Waals surface area contributed by atoms with Gasteiger partial charge in [-0.15, -0.1) is 0 Å². The van der Waals surface area contributed by atoms with Crippen LogP contribution in [0.2, 0.25) is 0 Å². The summed E-state index contributed by atoms with van der Waals surface area (Å²) < 4.78 is 12.1. The average molecular weight is 232 g/mol. The molecule has 0 aromatic heterocycles. The van der Waals surface area contributed by atoms with Gasteiger partial charge in [0.1, 0.15) is 5.60 Å². The molecule has 3 nitrogen and oxygen atoms in total. The lowest BCUT2D eigenvalue weighted by atomic mass is 9.53. The lowest BCUT2D eigenvalue weighted by Crippen LogP contribution is -2.68. The minimum atomic E-state index is -0.604. The summed E-state index contributed by atoms with van der Waals surface area (Å²) >= 11 is 0. The second kappa shape index (κ2) is 2.29. The Morgan fingerprint density at radius 1 is 1.24 bits per heavy atom. The summed E-state index contributed by atoms with van der Waals surface area (Å²) in [5.41, 5.74) is -2.22. The van der Waals surface area contributed by atoms with Gasteiger partial charge in [0.15, 0.2) is 5.78 Å². The maximum Gasteiger partial charge on any atom is 0.157 e. The van der Waals surface area contributed by atoms with Crippen LogP contribution < -0.4 is 0 Å². The van der Waals surface area contributed by atoms with Crippen LogP contribution in [0.15, 0.2) is 24.3 Å². The van der Waals surface area contributed by atoms with Crippen molar-refractivity contribution in [2.45, 2.75) is 38.1 Å². The van der Waals surface area contributed by atoms with Crippen molar-refractivity contribution in [3.63, 3.8) is 0 Å². The standard InChI is InChI=1S/C14H16O3/c1-11-6-7-12(2)13(3,10(11)15)14(8-16-12)5-4-9(11)17-14/h4-7,9H,8H2,1-3H3. The van der Waals surface area contributed by atoms with E-state index in [0.29, 0.717) is 6.61 Å². The fourth-order valence-corrected chi connectivity index (χ4v) is 4.01. The van der Waals surface area contributed by atoms with E-state index in [1.165, 1.54) is 0 Å². The molecule has 3 heteroatoms. The van der Waals surface area contributed by atoms with E-state index in [-0.39, 0.29) is 11.9 Å². The summed E-state index contributed by atoms with van der Waals surface area (Å²) in [5.74, 6) is 0.258. The SMILES string of the molecule is CC12C=CC3(C)OCC4(C=CC1O4)C3(C)C2=O. The first-order valence-electron chi connectivity index (χ1n) is 6.15. The Balaban J connectivity index is 2.11. The molecular weight excluding hydrogens is 216 g/mol. The fraction of sp³-hybridized carbons (Fsp3) is 0.643. The van der Waals surface area contributed by atoms with Crippen LogP contribution in [0.4, 0.5) is 0 Å². The summed E-state index contributed by atoms with van der Waals surface area (Å²) in [6.07, 6.45) is 8.00. The van der Waals surface area contributed by atoms with Crippen LogP contribution in [0.5, 0.6) is 0 Å². The molecule has 17 heavy (non-hydrogen) atoms. The third-order valence-corrected chi connectivity index (χ3v) is 5.59. The molecule has 1 spiro atoms. The average Bonchev–Trinajstić information content (AvgIpc) is 2.83. The van der Waals surface area contributed by atoms with Crippen LogP contribution in [0, 0.1) is 10.8 Å². The first-order chi connectivity index (χ1) is 7.88. The zero-order valence-corrected chi connectivity index (χ0v) is 10.3. The Labute approximate surface area is 100 Å². The van der Waals surface area contributed by atoms with E-state index >= 15 is 0 Å². The molecule has 5 atom stereocenters. The normalized spacial score (nSPS) is 62.3. The number of carbonyl (C=O) groups is 1. The quantitative estimate of drug-likeness (QED) is 0.595. The highest BCUT2D eigenvalue weighted by Gasteiger charge is 2.77. The van der Waals surface area contributed by atoms with Crippen molar-refractivity contribution in [2.75, 3.05) is 6.61 Å². The van der Waals surface area contributed by atoms with E-state index in [1.807, 2.05) is 32.9 Å². The van der Waals surface area contributed by atoms with E-state index in [2.05, 4.69) is 12.2 Å². The van der Waals surface area contributed by atoms with Crippen LogP contribution in [-0.4, -0.2) is 29.7 Å². The van der Waals surface area contributed by atoms with E-state index in [9.17, 15) is 4.79 Å². The second-order valence-electron chi connectivity index (χ2n) is 6.25. The lowest BCUT2D eigenvalue weighted by molar-refractivity contribution is -0.189. The minimum absolute atomic E-state index is 0.134. The Hall–Kier alpha value is -0.930. The van der Waals surface area contributed by atoms with Crippen molar-refractivity contribution >= 4 is 5.78 Å². The molecule has 0 saturated carbocycles. The maximum atomic E-state index is 12.9. The summed E-state index contributed by atoms with van der Waals surface area (Å²) in [4.78, 5) is 12.9. The van der Waals surface area contributed by atoms with Gasteiger partial charge in [-0.1, -0.05) is 24.3 Å². The summed E-state index contributed by atoms with van der Waals surface area (Å²) in [7, 11) is 0. The third-order valence-electron chi connectivity index (χ3n) is 5.59. The molecule has 2 fully saturated rings. The molecule has 4 bridgehead atoms.